The molecular formula is C16H19NO3. The first kappa shape index (κ1) is 15.9. The predicted molar refractivity (Wildman–Crippen MR) is 75.5 cm³/mol. The summed E-state index contributed by atoms with van der Waals surface area (Å²) in [4.78, 5) is 24.3. The van der Waals surface area contributed by atoms with Gasteiger partial charge in [-0.1, -0.05) is 20.8 Å². The number of carbonyl (C=O) groups is 2. The molecule has 1 aromatic carbocycles. The van der Waals surface area contributed by atoms with E-state index < -0.39 is 11.7 Å². The summed E-state index contributed by atoms with van der Waals surface area (Å²) in [5.74, 6) is -1.40. The third-order valence-electron chi connectivity index (χ3n) is 2.79. The number of hydrogen-bond donors (Lipinski definition) is 0. The standard InChI is InChI=1S/C16H19NO3/c1-16(2,3)9-14(18)13(10-17)15(19)11-5-7-12(20-4)8-6-11/h5-8,13H,9H2,1-4H3. The van der Waals surface area contributed by atoms with E-state index in [4.69, 9.17) is 10.00 Å². The zero-order chi connectivity index (χ0) is 15.3. The van der Waals surface area contributed by atoms with Gasteiger partial charge in [0.15, 0.2) is 17.5 Å². The van der Waals surface area contributed by atoms with Crippen LogP contribution in [-0.4, -0.2) is 18.7 Å². The van der Waals surface area contributed by atoms with Gasteiger partial charge in [-0.3, -0.25) is 9.59 Å². The first-order valence-corrected chi connectivity index (χ1v) is 6.39. The van der Waals surface area contributed by atoms with Crippen LogP contribution in [-0.2, 0) is 4.79 Å². The Balaban J connectivity index is 2.92. The van der Waals surface area contributed by atoms with Crippen molar-refractivity contribution in [2.75, 3.05) is 7.11 Å². The Morgan fingerprint density at radius 3 is 2.20 bits per heavy atom. The zero-order valence-electron chi connectivity index (χ0n) is 12.3. The van der Waals surface area contributed by atoms with Gasteiger partial charge in [0.2, 0.25) is 0 Å². The highest BCUT2D eigenvalue weighted by Gasteiger charge is 2.30. The second kappa shape index (κ2) is 6.33. The number of ketones is 2. The molecule has 0 heterocycles. The Morgan fingerprint density at radius 2 is 1.80 bits per heavy atom. The van der Waals surface area contributed by atoms with Crippen LogP contribution in [0.1, 0.15) is 37.6 Å². The first-order chi connectivity index (χ1) is 9.28. The second-order valence-electron chi connectivity index (χ2n) is 5.86. The number of benzene rings is 1. The Labute approximate surface area is 119 Å². The Morgan fingerprint density at radius 1 is 1.25 bits per heavy atom. The van der Waals surface area contributed by atoms with Gasteiger partial charge in [0.05, 0.1) is 13.2 Å². The number of Topliss-reactive ketones (excluding diaryl/α,β-unsaturated/α-hetero) is 2. The van der Waals surface area contributed by atoms with Crippen molar-refractivity contribution in [1.29, 1.82) is 5.26 Å². The molecule has 0 N–H and O–H groups in total. The van der Waals surface area contributed by atoms with E-state index in [2.05, 4.69) is 0 Å². The van der Waals surface area contributed by atoms with Crippen molar-refractivity contribution in [3.63, 3.8) is 0 Å². The van der Waals surface area contributed by atoms with Crippen molar-refractivity contribution in [2.45, 2.75) is 27.2 Å². The summed E-state index contributed by atoms with van der Waals surface area (Å²) >= 11 is 0. The molecule has 0 aliphatic carbocycles. The minimum absolute atomic E-state index is 0.202. The van der Waals surface area contributed by atoms with Gasteiger partial charge in [-0.15, -0.1) is 0 Å². The lowest BCUT2D eigenvalue weighted by molar-refractivity contribution is -0.121. The minimum Gasteiger partial charge on any atom is -0.497 e. The normalized spacial score (nSPS) is 12.3. The van der Waals surface area contributed by atoms with Gasteiger partial charge in [-0.05, 0) is 29.7 Å². The molecule has 0 radical (unpaired) electrons. The van der Waals surface area contributed by atoms with E-state index >= 15 is 0 Å². The molecule has 20 heavy (non-hydrogen) atoms. The van der Waals surface area contributed by atoms with Crippen LogP contribution in [0.15, 0.2) is 24.3 Å². The van der Waals surface area contributed by atoms with Crippen LogP contribution in [0.25, 0.3) is 0 Å². The van der Waals surface area contributed by atoms with Crippen molar-refractivity contribution in [3.05, 3.63) is 29.8 Å². The van der Waals surface area contributed by atoms with Crippen LogP contribution < -0.4 is 4.74 Å². The molecule has 1 aromatic rings. The summed E-state index contributed by atoms with van der Waals surface area (Å²) in [7, 11) is 1.53. The predicted octanol–water partition coefficient (Wildman–Crippen LogP) is 3.02. The van der Waals surface area contributed by atoms with E-state index in [1.54, 1.807) is 24.3 Å². The molecule has 1 rings (SSSR count). The summed E-state index contributed by atoms with van der Waals surface area (Å²) in [5.41, 5.74) is 0.103. The maximum absolute atomic E-state index is 12.2. The molecule has 106 valence electrons. The fourth-order valence-corrected chi connectivity index (χ4v) is 1.82. The lowest BCUT2D eigenvalue weighted by Gasteiger charge is -2.18. The third-order valence-corrected chi connectivity index (χ3v) is 2.79. The summed E-state index contributed by atoms with van der Waals surface area (Å²) < 4.78 is 5.01. The summed E-state index contributed by atoms with van der Waals surface area (Å²) in [6, 6.07) is 8.22. The summed E-state index contributed by atoms with van der Waals surface area (Å²) in [5, 5.41) is 9.11. The van der Waals surface area contributed by atoms with Crippen LogP contribution in [0.3, 0.4) is 0 Å². The summed E-state index contributed by atoms with van der Waals surface area (Å²) in [6.45, 7) is 5.70. The van der Waals surface area contributed by atoms with Gasteiger partial charge < -0.3 is 4.74 Å². The van der Waals surface area contributed by atoms with Gasteiger partial charge in [0.25, 0.3) is 0 Å². The van der Waals surface area contributed by atoms with Gasteiger partial charge in [0.1, 0.15) is 5.75 Å². The highest BCUT2D eigenvalue weighted by Crippen LogP contribution is 2.23. The minimum atomic E-state index is -1.23. The fraction of sp³-hybridized carbons (Fsp3) is 0.438. The number of hydrogen-bond acceptors (Lipinski definition) is 4. The number of carbonyl (C=O) groups excluding carboxylic acids is 2. The van der Waals surface area contributed by atoms with Gasteiger partial charge in [-0.25, -0.2) is 0 Å². The average Bonchev–Trinajstić information content (AvgIpc) is 2.37. The molecule has 0 saturated carbocycles. The second-order valence-corrected chi connectivity index (χ2v) is 5.86. The Bertz CT molecular complexity index is 532. The van der Waals surface area contributed by atoms with Crippen LogP contribution in [0.2, 0.25) is 0 Å². The topological polar surface area (TPSA) is 67.2 Å². The Hall–Kier alpha value is -2.15. The number of nitrogens with zero attached hydrogens (tertiary/aromatic N) is 1. The zero-order valence-corrected chi connectivity index (χ0v) is 12.3. The smallest absolute Gasteiger partial charge is 0.187 e. The molecule has 4 nitrogen and oxygen atoms in total. The maximum atomic E-state index is 12.2. The molecule has 0 aliphatic rings. The van der Waals surface area contributed by atoms with Crippen molar-refractivity contribution in [2.24, 2.45) is 11.3 Å². The van der Waals surface area contributed by atoms with Gasteiger partial charge >= 0.3 is 0 Å². The van der Waals surface area contributed by atoms with Gasteiger partial charge in [-0.2, -0.15) is 5.26 Å². The largest absolute Gasteiger partial charge is 0.497 e. The van der Waals surface area contributed by atoms with Crippen molar-refractivity contribution < 1.29 is 14.3 Å². The van der Waals surface area contributed by atoms with E-state index in [1.807, 2.05) is 26.8 Å². The molecule has 1 unspecified atom stereocenters. The molecule has 0 aliphatic heterocycles. The van der Waals surface area contributed by atoms with E-state index in [9.17, 15) is 9.59 Å². The summed E-state index contributed by atoms with van der Waals surface area (Å²) in [6.07, 6.45) is 0.202. The highest BCUT2D eigenvalue weighted by molar-refractivity contribution is 6.12. The number of ether oxygens (including phenoxy) is 1. The highest BCUT2D eigenvalue weighted by atomic mass is 16.5. The molecule has 0 amide bonds. The fourth-order valence-electron chi connectivity index (χ4n) is 1.82. The lowest BCUT2D eigenvalue weighted by Crippen LogP contribution is -2.26. The average molecular weight is 273 g/mol. The van der Waals surface area contributed by atoms with Crippen molar-refractivity contribution >= 4 is 11.6 Å². The molecule has 1 atom stereocenters. The van der Waals surface area contributed by atoms with E-state index in [1.165, 1.54) is 7.11 Å². The van der Waals surface area contributed by atoms with Crippen LogP contribution in [0.4, 0.5) is 0 Å². The van der Waals surface area contributed by atoms with Crippen molar-refractivity contribution in [1.82, 2.24) is 0 Å². The maximum Gasteiger partial charge on any atom is 0.187 e. The Kier molecular flexibility index (Phi) is 5.04. The van der Waals surface area contributed by atoms with E-state index in [0.29, 0.717) is 11.3 Å². The number of nitriles is 1. The van der Waals surface area contributed by atoms with Crippen molar-refractivity contribution in [3.8, 4) is 11.8 Å². The first-order valence-electron chi connectivity index (χ1n) is 6.39. The molecule has 0 aromatic heterocycles. The van der Waals surface area contributed by atoms with E-state index in [-0.39, 0.29) is 17.6 Å². The lowest BCUT2D eigenvalue weighted by atomic mass is 9.83. The van der Waals surface area contributed by atoms with E-state index in [0.717, 1.165) is 0 Å². The van der Waals surface area contributed by atoms with Crippen LogP contribution in [0, 0.1) is 22.7 Å². The molecule has 0 bridgehead atoms. The van der Waals surface area contributed by atoms with Crippen LogP contribution >= 0.6 is 0 Å². The van der Waals surface area contributed by atoms with Crippen LogP contribution in [0.5, 0.6) is 5.75 Å². The molecule has 0 spiro atoms. The van der Waals surface area contributed by atoms with Gasteiger partial charge in [0, 0.05) is 12.0 Å². The number of rotatable bonds is 5. The SMILES string of the molecule is COc1ccc(C(=O)C(C#N)C(=O)CC(C)(C)C)cc1. The monoisotopic (exact) mass is 273 g/mol. The quantitative estimate of drug-likeness (QED) is 0.611. The molecule has 0 saturated heterocycles. The molecule has 0 fully saturated rings. The molecular weight excluding hydrogens is 254 g/mol. The third kappa shape index (κ3) is 4.20. The number of methoxy groups -OCH3 is 1. The molecule has 4 heteroatoms.